The molecule has 0 aliphatic rings. The number of hydrogen-bond acceptors (Lipinski definition) is 4. The molecule has 0 saturated carbocycles. The Morgan fingerprint density at radius 1 is 1.04 bits per heavy atom. The van der Waals surface area contributed by atoms with Gasteiger partial charge in [-0.25, -0.2) is 4.98 Å². The van der Waals surface area contributed by atoms with Gasteiger partial charge >= 0.3 is 0 Å². The molecule has 0 spiro atoms. The molecule has 1 heterocycles. The van der Waals surface area contributed by atoms with Crippen LogP contribution in [0.2, 0.25) is 0 Å². The molecule has 26 heavy (non-hydrogen) atoms. The van der Waals surface area contributed by atoms with Gasteiger partial charge in [0.15, 0.2) is 0 Å². The van der Waals surface area contributed by atoms with E-state index in [1.807, 2.05) is 51.0 Å². The lowest BCUT2D eigenvalue weighted by Gasteiger charge is -2.13. The smallest absolute Gasteiger partial charge is 0.274 e. The molecule has 1 aromatic heterocycles. The monoisotopic (exact) mass is 354 g/mol. The van der Waals surface area contributed by atoms with E-state index in [0.29, 0.717) is 6.54 Å². The second kappa shape index (κ2) is 9.10. The molecule has 2 aromatic rings. The second-order valence-corrected chi connectivity index (χ2v) is 6.38. The maximum absolute atomic E-state index is 12.6. The van der Waals surface area contributed by atoms with Gasteiger partial charge < -0.3 is 15.5 Å². The summed E-state index contributed by atoms with van der Waals surface area (Å²) in [6.07, 6.45) is 0.818. The third-order valence-corrected chi connectivity index (χ3v) is 4.04. The molecule has 2 N–H and O–H groups in total. The minimum Gasteiger partial charge on any atom is -0.349 e. The summed E-state index contributed by atoms with van der Waals surface area (Å²) in [6, 6.07) is 10.8. The Kier molecular flexibility index (Phi) is 6.86. The number of pyridine rings is 1. The van der Waals surface area contributed by atoms with E-state index >= 15 is 0 Å². The molecular weight excluding hydrogens is 328 g/mol. The molecule has 0 fully saturated rings. The van der Waals surface area contributed by atoms with Crippen molar-refractivity contribution in [3.05, 3.63) is 58.9 Å². The molecule has 1 aromatic carbocycles. The molecule has 6 nitrogen and oxygen atoms in total. The van der Waals surface area contributed by atoms with Crippen LogP contribution in [-0.4, -0.2) is 48.9 Å². The number of nitrogens with one attached hydrogen (secondary N) is 2. The third kappa shape index (κ3) is 5.13. The fourth-order valence-corrected chi connectivity index (χ4v) is 2.55. The molecule has 0 saturated heterocycles. The van der Waals surface area contributed by atoms with Crippen LogP contribution in [0, 0.1) is 6.92 Å². The Balaban J connectivity index is 2.12. The van der Waals surface area contributed by atoms with E-state index in [2.05, 4.69) is 15.6 Å². The van der Waals surface area contributed by atoms with Crippen molar-refractivity contribution < 1.29 is 9.59 Å². The van der Waals surface area contributed by atoms with Crippen molar-refractivity contribution in [2.45, 2.75) is 20.3 Å². The molecule has 0 aliphatic heterocycles. The standard InChI is InChI=1S/C20H26N4O2/c1-5-15-9-6-8-14(2)18(15)23-20(26)17-11-7-10-16(22-17)19(25)21-12-13-24(3)4/h6-11H,5,12-13H2,1-4H3,(H,21,25)(H,23,26). The SMILES string of the molecule is CCc1cccc(C)c1NC(=O)c1cccc(C(=O)NCCN(C)C)n1. The number of hydrogen-bond donors (Lipinski definition) is 2. The average molecular weight is 354 g/mol. The molecule has 0 atom stereocenters. The van der Waals surface area contributed by atoms with Crippen LogP contribution in [-0.2, 0) is 6.42 Å². The number of anilines is 1. The fourth-order valence-electron chi connectivity index (χ4n) is 2.55. The minimum atomic E-state index is -0.322. The number of para-hydroxylation sites is 1. The summed E-state index contributed by atoms with van der Waals surface area (Å²) in [4.78, 5) is 31.0. The van der Waals surface area contributed by atoms with E-state index in [-0.39, 0.29) is 23.2 Å². The Labute approximate surface area is 154 Å². The normalized spacial score (nSPS) is 10.7. The summed E-state index contributed by atoms with van der Waals surface area (Å²) in [6.45, 7) is 5.25. The van der Waals surface area contributed by atoms with Crippen LogP contribution in [0.25, 0.3) is 0 Å². The zero-order valence-electron chi connectivity index (χ0n) is 15.8. The third-order valence-electron chi connectivity index (χ3n) is 4.04. The number of carbonyl (C=O) groups excluding carboxylic acids is 2. The lowest BCUT2D eigenvalue weighted by molar-refractivity contribution is 0.0946. The molecule has 0 unspecified atom stereocenters. The Bertz CT molecular complexity index is 787. The van der Waals surface area contributed by atoms with Crippen molar-refractivity contribution in [2.24, 2.45) is 0 Å². The maximum atomic E-state index is 12.6. The number of amides is 2. The summed E-state index contributed by atoms with van der Waals surface area (Å²) in [5.74, 6) is -0.608. The highest BCUT2D eigenvalue weighted by Gasteiger charge is 2.14. The van der Waals surface area contributed by atoms with Gasteiger partial charge in [0.1, 0.15) is 11.4 Å². The van der Waals surface area contributed by atoms with Crippen LogP contribution in [0.15, 0.2) is 36.4 Å². The van der Waals surface area contributed by atoms with Crippen LogP contribution >= 0.6 is 0 Å². The van der Waals surface area contributed by atoms with Crippen LogP contribution < -0.4 is 10.6 Å². The molecule has 0 aliphatic carbocycles. The van der Waals surface area contributed by atoms with Crippen LogP contribution in [0.4, 0.5) is 5.69 Å². The Morgan fingerprint density at radius 2 is 1.69 bits per heavy atom. The number of benzene rings is 1. The quantitative estimate of drug-likeness (QED) is 0.801. The van der Waals surface area contributed by atoms with Crippen LogP contribution in [0.1, 0.15) is 39.0 Å². The summed E-state index contributed by atoms with van der Waals surface area (Å²) in [7, 11) is 3.87. The molecule has 0 radical (unpaired) electrons. The van der Waals surface area contributed by atoms with Gasteiger partial charge in [-0.15, -0.1) is 0 Å². The van der Waals surface area contributed by atoms with E-state index in [4.69, 9.17) is 0 Å². The summed E-state index contributed by atoms with van der Waals surface area (Å²) in [5.41, 5.74) is 3.32. The number of nitrogens with zero attached hydrogens (tertiary/aromatic N) is 2. The zero-order valence-corrected chi connectivity index (χ0v) is 15.8. The number of likely N-dealkylation sites (N-methyl/N-ethyl adjacent to an activating group) is 1. The van der Waals surface area contributed by atoms with Crippen molar-refractivity contribution in [3.8, 4) is 0 Å². The van der Waals surface area contributed by atoms with E-state index in [0.717, 1.165) is 29.8 Å². The number of rotatable bonds is 7. The molecule has 6 heteroatoms. The number of aromatic nitrogens is 1. The first-order valence-electron chi connectivity index (χ1n) is 8.72. The minimum absolute atomic E-state index is 0.218. The van der Waals surface area contributed by atoms with Crippen molar-refractivity contribution in [3.63, 3.8) is 0 Å². The first-order chi connectivity index (χ1) is 12.4. The highest BCUT2D eigenvalue weighted by Crippen LogP contribution is 2.21. The lowest BCUT2D eigenvalue weighted by Crippen LogP contribution is -2.32. The molecular formula is C20H26N4O2. The highest BCUT2D eigenvalue weighted by molar-refractivity contribution is 6.04. The van der Waals surface area contributed by atoms with Gasteiger partial charge in [0.2, 0.25) is 0 Å². The van der Waals surface area contributed by atoms with Crippen molar-refractivity contribution >= 4 is 17.5 Å². The van der Waals surface area contributed by atoms with Gasteiger partial charge in [-0.05, 0) is 50.7 Å². The van der Waals surface area contributed by atoms with Crippen molar-refractivity contribution in [2.75, 3.05) is 32.5 Å². The molecule has 2 amide bonds. The van der Waals surface area contributed by atoms with Gasteiger partial charge in [-0.3, -0.25) is 9.59 Å². The molecule has 2 rings (SSSR count). The first kappa shape index (κ1) is 19.6. The van der Waals surface area contributed by atoms with Gasteiger partial charge in [0.05, 0.1) is 0 Å². The van der Waals surface area contributed by atoms with Gasteiger partial charge in [0.25, 0.3) is 11.8 Å². The first-order valence-corrected chi connectivity index (χ1v) is 8.72. The summed E-state index contributed by atoms with van der Waals surface area (Å²) >= 11 is 0. The molecule has 0 bridgehead atoms. The van der Waals surface area contributed by atoms with E-state index in [9.17, 15) is 9.59 Å². The van der Waals surface area contributed by atoms with Crippen molar-refractivity contribution in [1.29, 1.82) is 0 Å². The van der Waals surface area contributed by atoms with E-state index < -0.39 is 0 Å². The number of carbonyl (C=O) groups is 2. The number of aryl methyl sites for hydroxylation is 2. The lowest BCUT2D eigenvalue weighted by atomic mass is 10.1. The van der Waals surface area contributed by atoms with Gasteiger partial charge in [-0.2, -0.15) is 0 Å². The maximum Gasteiger partial charge on any atom is 0.274 e. The van der Waals surface area contributed by atoms with Gasteiger partial charge in [0, 0.05) is 18.8 Å². The fraction of sp³-hybridized carbons (Fsp3) is 0.350. The zero-order chi connectivity index (χ0) is 19.1. The van der Waals surface area contributed by atoms with Crippen LogP contribution in [0.3, 0.4) is 0 Å². The Morgan fingerprint density at radius 3 is 2.35 bits per heavy atom. The second-order valence-electron chi connectivity index (χ2n) is 6.38. The predicted octanol–water partition coefficient (Wildman–Crippen LogP) is 2.50. The highest BCUT2D eigenvalue weighted by atomic mass is 16.2. The average Bonchev–Trinajstić information content (AvgIpc) is 2.63. The Hall–Kier alpha value is -2.73. The van der Waals surface area contributed by atoms with Gasteiger partial charge in [-0.1, -0.05) is 31.2 Å². The largest absolute Gasteiger partial charge is 0.349 e. The topological polar surface area (TPSA) is 74.3 Å². The van der Waals surface area contributed by atoms with Crippen molar-refractivity contribution in [1.82, 2.24) is 15.2 Å². The van der Waals surface area contributed by atoms with Crippen LogP contribution in [0.5, 0.6) is 0 Å². The van der Waals surface area contributed by atoms with E-state index in [1.54, 1.807) is 18.2 Å². The van der Waals surface area contributed by atoms with E-state index in [1.165, 1.54) is 0 Å². The summed E-state index contributed by atoms with van der Waals surface area (Å²) < 4.78 is 0. The molecule has 138 valence electrons. The predicted molar refractivity (Wildman–Crippen MR) is 104 cm³/mol. The summed E-state index contributed by atoms with van der Waals surface area (Å²) in [5, 5.41) is 5.73.